The highest BCUT2D eigenvalue weighted by Gasteiger charge is 2.59. The summed E-state index contributed by atoms with van der Waals surface area (Å²) in [6.07, 6.45) is -3.97. The second kappa shape index (κ2) is 9.37. The van der Waals surface area contributed by atoms with Crippen LogP contribution < -0.4 is 4.90 Å². The van der Waals surface area contributed by atoms with E-state index < -0.39 is 24.6 Å². The summed E-state index contributed by atoms with van der Waals surface area (Å²) < 4.78 is 69.3. The van der Waals surface area contributed by atoms with Gasteiger partial charge >= 0.3 is 12.1 Å². The number of nitrogens with zero attached hydrogens (tertiary/aromatic N) is 4. The van der Waals surface area contributed by atoms with Crippen molar-refractivity contribution in [2.24, 2.45) is 5.92 Å². The number of anilines is 2. The molecule has 1 saturated carbocycles. The number of imidazole rings is 1. The number of fused-ring (bicyclic) bond motifs is 1. The van der Waals surface area contributed by atoms with Crippen molar-refractivity contribution in [1.29, 1.82) is 0 Å². The maximum absolute atomic E-state index is 14.0. The monoisotopic (exact) mass is 562 g/mol. The molecule has 35 heavy (non-hydrogen) atoms. The summed E-state index contributed by atoms with van der Waals surface area (Å²) in [6, 6.07) is 5.99. The van der Waals surface area contributed by atoms with E-state index in [0.29, 0.717) is 54.8 Å². The Labute approximate surface area is 209 Å². The van der Waals surface area contributed by atoms with Gasteiger partial charge in [0.2, 0.25) is 5.95 Å². The molecule has 2 aliphatic rings. The quantitative estimate of drug-likeness (QED) is 0.343. The van der Waals surface area contributed by atoms with E-state index in [0.717, 1.165) is 15.7 Å². The van der Waals surface area contributed by atoms with Crippen molar-refractivity contribution in [3.63, 3.8) is 0 Å². The Hall–Kier alpha value is -2.17. The number of carbonyl (C=O) groups is 1. The zero-order valence-corrected chi connectivity index (χ0v) is 21.4. The predicted octanol–water partition coefficient (Wildman–Crippen LogP) is 6.53. The molecule has 0 radical (unpaired) electrons. The first-order valence-electron chi connectivity index (χ1n) is 11.7. The Morgan fingerprint density at radius 1 is 1.20 bits per heavy atom. The summed E-state index contributed by atoms with van der Waals surface area (Å²) in [6.45, 7) is 5.00. The molecule has 0 bridgehead atoms. The number of aromatic nitrogens is 2. The molecule has 1 fully saturated rings. The number of amides is 1. The van der Waals surface area contributed by atoms with Crippen LogP contribution in [0.15, 0.2) is 22.7 Å². The first kappa shape index (κ1) is 25.9. The van der Waals surface area contributed by atoms with E-state index in [-0.39, 0.29) is 18.2 Å². The molecular formula is C24H28BrF5N4O. The Kier molecular flexibility index (Phi) is 6.93. The summed E-state index contributed by atoms with van der Waals surface area (Å²) in [4.78, 5) is 20.7. The minimum Gasteiger partial charge on any atom is -0.331 e. The van der Waals surface area contributed by atoms with E-state index >= 15 is 0 Å². The smallest absolute Gasteiger partial charge is 0.331 e. The number of aryl methyl sites for hydroxylation is 1. The van der Waals surface area contributed by atoms with Gasteiger partial charge in [0.25, 0.3) is 5.91 Å². The normalized spacial score (nSPS) is 16.2. The molecule has 1 aliphatic carbocycles. The number of hydrogen-bond acceptors (Lipinski definition) is 3. The maximum Gasteiger partial charge on any atom is 0.455 e. The van der Waals surface area contributed by atoms with Crippen LogP contribution in [0.1, 0.15) is 61.3 Å². The highest BCUT2D eigenvalue weighted by molar-refractivity contribution is 9.10. The van der Waals surface area contributed by atoms with Gasteiger partial charge < -0.3 is 14.4 Å². The minimum atomic E-state index is -5.73. The topological polar surface area (TPSA) is 41.4 Å². The third-order valence-corrected chi connectivity index (χ3v) is 7.18. The molecule has 4 rings (SSSR count). The van der Waals surface area contributed by atoms with Crippen LogP contribution in [0.4, 0.5) is 33.6 Å². The van der Waals surface area contributed by atoms with Gasteiger partial charge in [-0.3, -0.25) is 4.79 Å². The van der Waals surface area contributed by atoms with Gasteiger partial charge in [-0.1, -0.05) is 26.8 Å². The van der Waals surface area contributed by atoms with Crippen molar-refractivity contribution >= 4 is 33.5 Å². The summed E-state index contributed by atoms with van der Waals surface area (Å²) in [7, 11) is 0. The van der Waals surface area contributed by atoms with Crippen molar-refractivity contribution in [2.45, 2.75) is 64.6 Å². The Morgan fingerprint density at radius 2 is 1.89 bits per heavy atom. The Bertz CT molecular complexity index is 1110. The average molecular weight is 563 g/mol. The number of alkyl halides is 5. The van der Waals surface area contributed by atoms with Gasteiger partial charge in [0.15, 0.2) is 0 Å². The molecule has 5 nitrogen and oxygen atoms in total. The molecule has 1 aromatic carbocycles. The molecule has 192 valence electrons. The standard InChI is InChI=1S/C24H28BrF5N4O/c1-4-18-20(21(35)32(12-15-5-6-15)13-23(26,27)24(28,29)30)34-10-9-33(22(34)31-18)19-8-7-16(14(2)3)11-17(19)25/h7-8,11,14-15H,4-6,9-10,12-13H2,1-3H3. The number of benzene rings is 1. The molecule has 2 heterocycles. The summed E-state index contributed by atoms with van der Waals surface area (Å²) in [5.74, 6) is -5.05. The van der Waals surface area contributed by atoms with Crippen molar-refractivity contribution in [3.8, 4) is 0 Å². The lowest BCUT2D eigenvalue weighted by molar-refractivity contribution is -0.284. The molecule has 0 spiro atoms. The van der Waals surface area contributed by atoms with Crippen molar-refractivity contribution in [3.05, 3.63) is 39.6 Å². The summed E-state index contributed by atoms with van der Waals surface area (Å²) >= 11 is 3.61. The lowest BCUT2D eigenvalue weighted by Gasteiger charge is -2.29. The molecular weight excluding hydrogens is 535 g/mol. The van der Waals surface area contributed by atoms with Crippen molar-refractivity contribution in [1.82, 2.24) is 14.5 Å². The predicted molar refractivity (Wildman–Crippen MR) is 126 cm³/mol. The van der Waals surface area contributed by atoms with Crippen molar-refractivity contribution in [2.75, 3.05) is 24.5 Å². The zero-order chi connectivity index (χ0) is 25.7. The molecule has 0 unspecified atom stereocenters. The van der Waals surface area contributed by atoms with E-state index in [2.05, 4.69) is 34.8 Å². The van der Waals surface area contributed by atoms with Crippen molar-refractivity contribution < 1.29 is 26.7 Å². The zero-order valence-electron chi connectivity index (χ0n) is 19.8. The second-order valence-corrected chi connectivity index (χ2v) is 10.4. The van der Waals surface area contributed by atoms with Gasteiger partial charge in [0, 0.05) is 24.1 Å². The number of rotatable bonds is 8. The lowest BCUT2D eigenvalue weighted by atomic mass is 10.0. The van der Waals surface area contributed by atoms with E-state index in [4.69, 9.17) is 0 Å². The van der Waals surface area contributed by atoms with Gasteiger partial charge in [-0.05, 0) is 64.7 Å². The van der Waals surface area contributed by atoms with Gasteiger partial charge in [-0.25, -0.2) is 4.98 Å². The fraction of sp³-hybridized carbons (Fsp3) is 0.583. The largest absolute Gasteiger partial charge is 0.455 e. The number of halogens is 6. The molecule has 1 aromatic heterocycles. The average Bonchev–Trinajstić information content (AvgIpc) is 3.38. The van der Waals surface area contributed by atoms with Gasteiger partial charge in [0.05, 0.1) is 17.9 Å². The van der Waals surface area contributed by atoms with Gasteiger partial charge in [-0.2, -0.15) is 22.0 Å². The fourth-order valence-electron chi connectivity index (χ4n) is 4.33. The second-order valence-electron chi connectivity index (χ2n) is 9.56. The first-order valence-corrected chi connectivity index (χ1v) is 12.5. The van der Waals surface area contributed by atoms with Gasteiger partial charge in [-0.15, -0.1) is 0 Å². The fourth-order valence-corrected chi connectivity index (χ4v) is 4.94. The number of carbonyl (C=O) groups excluding carboxylic acids is 1. The summed E-state index contributed by atoms with van der Waals surface area (Å²) in [5.41, 5.74) is 2.48. The molecule has 0 saturated heterocycles. The minimum absolute atomic E-state index is 0.0547. The highest BCUT2D eigenvalue weighted by Crippen LogP contribution is 2.40. The lowest BCUT2D eigenvalue weighted by Crippen LogP contribution is -2.49. The van der Waals surface area contributed by atoms with E-state index in [1.165, 1.54) is 0 Å². The van der Waals surface area contributed by atoms with Crippen LogP contribution in [-0.4, -0.2) is 52.1 Å². The SMILES string of the molecule is CCc1nc2n(c1C(=O)N(CC1CC1)CC(F)(F)C(F)(F)F)CCN2c1ccc(C(C)C)cc1Br. The Balaban J connectivity index is 1.69. The van der Waals surface area contributed by atoms with Crippen LogP contribution in [0.2, 0.25) is 0 Å². The van der Waals surface area contributed by atoms with Crippen LogP contribution in [-0.2, 0) is 13.0 Å². The Morgan fingerprint density at radius 3 is 2.43 bits per heavy atom. The van der Waals surface area contributed by atoms with Crippen LogP contribution >= 0.6 is 15.9 Å². The van der Waals surface area contributed by atoms with Crippen LogP contribution in [0, 0.1) is 5.92 Å². The molecule has 0 atom stereocenters. The van der Waals surface area contributed by atoms with Crippen LogP contribution in [0.3, 0.4) is 0 Å². The van der Waals surface area contributed by atoms with E-state index in [1.807, 2.05) is 23.1 Å². The first-order chi connectivity index (χ1) is 16.3. The molecule has 1 amide bonds. The molecule has 2 aromatic rings. The third kappa shape index (κ3) is 5.06. The molecule has 0 N–H and O–H groups in total. The van der Waals surface area contributed by atoms with Crippen LogP contribution in [0.5, 0.6) is 0 Å². The maximum atomic E-state index is 14.0. The van der Waals surface area contributed by atoms with E-state index in [9.17, 15) is 26.7 Å². The number of hydrogen-bond donors (Lipinski definition) is 0. The van der Waals surface area contributed by atoms with E-state index in [1.54, 1.807) is 11.5 Å². The van der Waals surface area contributed by atoms with Gasteiger partial charge in [0.1, 0.15) is 5.69 Å². The third-order valence-electron chi connectivity index (χ3n) is 6.54. The summed E-state index contributed by atoms with van der Waals surface area (Å²) in [5, 5.41) is 0. The molecule has 1 aliphatic heterocycles. The molecule has 11 heteroatoms. The van der Waals surface area contributed by atoms with Crippen LogP contribution in [0.25, 0.3) is 0 Å². The highest BCUT2D eigenvalue weighted by atomic mass is 79.9.